The zero-order valence-electron chi connectivity index (χ0n) is 16.8. The highest BCUT2D eigenvalue weighted by molar-refractivity contribution is 6.07. The maximum absolute atomic E-state index is 13.7. The third-order valence-electron chi connectivity index (χ3n) is 5.55. The van der Waals surface area contributed by atoms with Crippen molar-refractivity contribution in [1.82, 2.24) is 14.9 Å². The van der Waals surface area contributed by atoms with Crippen LogP contribution in [0.4, 0.5) is 15.8 Å². The number of anilines is 2. The molecular weight excluding hydrogens is 367 g/mol. The highest BCUT2D eigenvalue weighted by Gasteiger charge is 2.28. The van der Waals surface area contributed by atoms with Gasteiger partial charge in [-0.1, -0.05) is 13.0 Å². The maximum Gasteiger partial charge on any atom is 0.257 e. The van der Waals surface area contributed by atoms with E-state index >= 15 is 0 Å². The van der Waals surface area contributed by atoms with E-state index in [0.717, 1.165) is 43.3 Å². The van der Waals surface area contributed by atoms with Gasteiger partial charge in [-0.15, -0.1) is 0 Å². The summed E-state index contributed by atoms with van der Waals surface area (Å²) in [6.45, 7) is 4.77. The van der Waals surface area contributed by atoms with Crippen LogP contribution >= 0.6 is 0 Å². The quantitative estimate of drug-likeness (QED) is 0.661. The molecule has 1 saturated heterocycles. The molecular formula is C23H25FN4O. The van der Waals surface area contributed by atoms with E-state index in [1.54, 1.807) is 18.3 Å². The van der Waals surface area contributed by atoms with E-state index in [1.807, 2.05) is 24.0 Å². The van der Waals surface area contributed by atoms with E-state index in [1.165, 1.54) is 12.1 Å². The first-order valence-electron chi connectivity index (χ1n) is 10.2. The lowest BCUT2D eigenvalue weighted by Gasteiger charge is -2.35. The molecule has 0 spiro atoms. The molecule has 0 bridgehead atoms. The molecule has 1 N–H and O–H groups in total. The van der Waals surface area contributed by atoms with Gasteiger partial charge in [0.2, 0.25) is 0 Å². The minimum Gasteiger partial charge on any atom is -0.354 e. The minimum atomic E-state index is -0.336. The highest BCUT2D eigenvalue weighted by atomic mass is 19.1. The fraction of sp³-hybridized carbons (Fsp3) is 0.348. The summed E-state index contributed by atoms with van der Waals surface area (Å²) in [5, 5.41) is 4.01. The number of aryl methyl sites for hydroxylation is 1. The smallest absolute Gasteiger partial charge is 0.257 e. The number of pyridine rings is 2. The number of piperidine rings is 1. The molecule has 2 aromatic heterocycles. The molecule has 0 saturated carbocycles. The number of halogens is 1. The summed E-state index contributed by atoms with van der Waals surface area (Å²) < 4.78 is 13.7. The third-order valence-corrected chi connectivity index (χ3v) is 5.55. The summed E-state index contributed by atoms with van der Waals surface area (Å²) in [5.74, 6) is -0.372. The number of carbonyl (C=O) groups is 1. The number of rotatable bonds is 4. The van der Waals surface area contributed by atoms with Gasteiger partial charge in [-0.3, -0.25) is 4.79 Å². The Morgan fingerprint density at radius 3 is 2.93 bits per heavy atom. The number of amides is 1. The average molecular weight is 392 g/mol. The molecule has 150 valence electrons. The summed E-state index contributed by atoms with van der Waals surface area (Å²) in [7, 11) is 0. The Hall–Kier alpha value is -3.02. The van der Waals surface area contributed by atoms with Crippen LogP contribution in [0.3, 0.4) is 0 Å². The van der Waals surface area contributed by atoms with Gasteiger partial charge in [-0.2, -0.15) is 0 Å². The SMILES string of the molecule is CC[C@H]1CCCCN1C(=O)c1cnc2nc(C)ccc2c1Nc1cccc(F)c1. The fourth-order valence-electron chi connectivity index (χ4n) is 4.03. The van der Waals surface area contributed by atoms with Crippen LogP contribution in [0.5, 0.6) is 0 Å². The Labute approximate surface area is 170 Å². The van der Waals surface area contributed by atoms with Crippen molar-refractivity contribution in [3.05, 3.63) is 59.7 Å². The number of hydrogen-bond donors (Lipinski definition) is 1. The Morgan fingerprint density at radius 1 is 1.28 bits per heavy atom. The molecule has 6 heteroatoms. The summed E-state index contributed by atoms with van der Waals surface area (Å²) in [6, 6.07) is 10.3. The van der Waals surface area contributed by atoms with Gasteiger partial charge >= 0.3 is 0 Å². The zero-order valence-corrected chi connectivity index (χ0v) is 16.8. The Morgan fingerprint density at radius 2 is 2.14 bits per heavy atom. The topological polar surface area (TPSA) is 58.1 Å². The van der Waals surface area contributed by atoms with Gasteiger partial charge in [-0.05, 0) is 62.9 Å². The minimum absolute atomic E-state index is 0.0366. The van der Waals surface area contributed by atoms with Gasteiger partial charge < -0.3 is 10.2 Å². The molecule has 1 aliphatic heterocycles. The first-order chi connectivity index (χ1) is 14.1. The Kier molecular flexibility index (Phi) is 5.43. The summed E-state index contributed by atoms with van der Waals surface area (Å²) in [6.07, 6.45) is 5.71. The summed E-state index contributed by atoms with van der Waals surface area (Å²) >= 11 is 0. The van der Waals surface area contributed by atoms with Gasteiger partial charge in [-0.25, -0.2) is 14.4 Å². The summed E-state index contributed by atoms with van der Waals surface area (Å²) in [4.78, 5) is 24.4. The molecule has 4 rings (SSSR count). The Bertz CT molecular complexity index is 1050. The second kappa shape index (κ2) is 8.15. The molecule has 29 heavy (non-hydrogen) atoms. The number of benzene rings is 1. The van der Waals surface area contributed by atoms with Crippen molar-refractivity contribution in [2.24, 2.45) is 0 Å². The molecule has 1 fully saturated rings. The lowest BCUT2D eigenvalue weighted by atomic mass is 9.98. The molecule has 5 nitrogen and oxygen atoms in total. The van der Waals surface area contributed by atoms with Gasteiger partial charge in [0, 0.05) is 35.6 Å². The van der Waals surface area contributed by atoms with Crippen LogP contribution in [0.25, 0.3) is 11.0 Å². The third kappa shape index (κ3) is 3.92. The predicted octanol–water partition coefficient (Wildman–Crippen LogP) is 5.23. The van der Waals surface area contributed by atoms with E-state index in [-0.39, 0.29) is 17.8 Å². The molecule has 0 aliphatic carbocycles. The van der Waals surface area contributed by atoms with Crippen LogP contribution in [0.2, 0.25) is 0 Å². The van der Waals surface area contributed by atoms with E-state index in [0.29, 0.717) is 22.6 Å². The van der Waals surface area contributed by atoms with E-state index in [2.05, 4.69) is 22.2 Å². The van der Waals surface area contributed by atoms with Gasteiger partial charge in [0.25, 0.3) is 5.91 Å². The first-order valence-corrected chi connectivity index (χ1v) is 10.2. The van der Waals surface area contributed by atoms with Crippen molar-refractivity contribution in [3.63, 3.8) is 0 Å². The van der Waals surface area contributed by atoms with Gasteiger partial charge in [0.05, 0.1) is 11.3 Å². The predicted molar refractivity (Wildman–Crippen MR) is 113 cm³/mol. The monoisotopic (exact) mass is 392 g/mol. The van der Waals surface area contributed by atoms with E-state index in [9.17, 15) is 9.18 Å². The van der Waals surface area contributed by atoms with Crippen molar-refractivity contribution >= 4 is 28.3 Å². The van der Waals surface area contributed by atoms with Crippen LogP contribution in [-0.4, -0.2) is 33.4 Å². The van der Waals surface area contributed by atoms with Crippen molar-refractivity contribution in [3.8, 4) is 0 Å². The molecule has 1 aliphatic rings. The molecule has 0 unspecified atom stereocenters. The molecule has 1 aromatic carbocycles. The molecule has 3 aromatic rings. The largest absolute Gasteiger partial charge is 0.354 e. The first kappa shape index (κ1) is 19.3. The van der Waals surface area contributed by atoms with Crippen LogP contribution in [-0.2, 0) is 0 Å². The van der Waals surface area contributed by atoms with E-state index < -0.39 is 0 Å². The molecule has 1 amide bonds. The van der Waals surface area contributed by atoms with Crippen molar-refractivity contribution in [1.29, 1.82) is 0 Å². The molecule has 3 heterocycles. The standard InChI is InChI=1S/C23H25FN4O/c1-3-18-9-4-5-12-28(18)23(29)20-14-25-22-19(11-10-15(2)26-22)21(20)27-17-8-6-7-16(24)13-17/h6-8,10-11,13-14,18H,3-5,9,12H2,1-2H3,(H,25,26,27)/t18-/m0/s1. The summed E-state index contributed by atoms with van der Waals surface area (Å²) in [5.41, 5.74) is 3.11. The average Bonchev–Trinajstić information content (AvgIpc) is 2.73. The number of likely N-dealkylation sites (tertiary alicyclic amines) is 1. The lowest BCUT2D eigenvalue weighted by molar-refractivity contribution is 0.0609. The van der Waals surface area contributed by atoms with Gasteiger partial charge in [0.15, 0.2) is 5.65 Å². The number of aromatic nitrogens is 2. The van der Waals surface area contributed by atoms with Crippen molar-refractivity contribution < 1.29 is 9.18 Å². The van der Waals surface area contributed by atoms with Crippen LogP contribution in [0.1, 0.15) is 48.7 Å². The van der Waals surface area contributed by atoms with Gasteiger partial charge in [0.1, 0.15) is 5.82 Å². The van der Waals surface area contributed by atoms with Crippen molar-refractivity contribution in [2.45, 2.75) is 45.6 Å². The molecule has 1 atom stereocenters. The number of fused-ring (bicyclic) bond motifs is 1. The second-order valence-electron chi connectivity index (χ2n) is 7.56. The normalized spacial score (nSPS) is 16.8. The number of nitrogens with one attached hydrogen (secondary N) is 1. The second-order valence-corrected chi connectivity index (χ2v) is 7.56. The van der Waals surface area contributed by atoms with E-state index in [4.69, 9.17) is 0 Å². The molecule has 0 radical (unpaired) electrons. The van der Waals surface area contributed by atoms with Crippen molar-refractivity contribution in [2.75, 3.05) is 11.9 Å². The van der Waals surface area contributed by atoms with Crippen LogP contribution < -0.4 is 5.32 Å². The maximum atomic E-state index is 13.7. The lowest BCUT2D eigenvalue weighted by Crippen LogP contribution is -2.43. The zero-order chi connectivity index (χ0) is 20.4. The van der Waals surface area contributed by atoms with Crippen LogP contribution in [0, 0.1) is 12.7 Å². The number of carbonyl (C=O) groups excluding carboxylic acids is 1. The van der Waals surface area contributed by atoms with Crippen LogP contribution in [0.15, 0.2) is 42.6 Å². The fourth-order valence-corrected chi connectivity index (χ4v) is 4.03. The number of nitrogens with zero attached hydrogens (tertiary/aromatic N) is 3. The highest BCUT2D eigenvalue weighted by Crippen LogP contribution is 2.31. The Balaban J connectivity index is 1.82. The number of hydrogen-bond acceptors (Lipinski definition) is 4.